The van der Waals surface area contributed by atoms with E-state index in [1.54, 1.807) is 17.0 Å². The Balaban J connectivity index is 1.66. The van der Waals surface area contributed by atoms with Crippen LogP contribution in [0.4, 0.5) is 29.5 Å². The van der Waals surface area contributed by atoms with Gasteiger partial charge in [0, 0.05) is 43.1 Å². The third-order valence-corrected chi connectivity index (χ3v) is 5.99. The van der Waals surface area contributed by atoms with Crippen LogP contribution in [0.1, 0.15) is 45.0 Å². The van der Waals surface area contributed by atoms with Crippen LogP contribution in [0.15, 0.2) is 41.0 Å². The predicted octanol–water partition coefficient (Wildman–Crippen LogP) is 5.83. The second-order valence-corrected chi connectivity index (χ2v) is 10.4. The molecule has 1 aromatic carbocycles. The molecule has 1 aliphatic rings. The number of alkyl halides is 3. The maximum atomic E-state index is 12.6. The summed E-state index contributed by atoms with van der Waals surface area (Å²) in [5, 5.41) is 2.54. The van der Waals surface area contributed by atoms with E-state index in [1.807, 2.05) is 39.5 Å². The largest absolute Gasteiger partial charge is 0.573 e. The van der Waals surface area contributed by atoms with Crippen molar-refractivity contribution in [3.8, 4) is 5.75 Å². The maximum Gasteiger partial charge on any atom is 0.573 e. The molecule has 0 aliphatic carbocycles. The van der Waals surface area contributed by atoms with E-state index in [-0.39, 0.29) is 33.9 Å². The van der Waals surface area contributed by atoms with Crippen molar-refractivity contribution in [3.05, 3.63) is 46.6 Å². The van der Waals surface area contributed by atoms with Gasteiger partial charge in [0.05, 0.1) is 10.0 Å². The quantitative estimate of drug-likeness (QED) is 0.496. The number of rotatable bonds is 4. The lowest BCUT2D eigenvalue weighted by atomic mass is 10.1. The van der Waals surface area contributed by atoms with Gasteiger partial charge in [-0.3, -0.25) is 4.79 Å². The highest BCUT2D eigenvalue weighted by Gasteiger charge is 2.35. The summed E-state index contributed by atoms with van der Waals surface area (Å²) in [6, 6.07) is 6.98. The highest BCUT2D eigenvalue weighted by atomic mass is 79.9. The Labute approximate surface area is 215 Å². The van der Waals surface area contributed by atoms with E-state index in [0.29, 0.717) is 18.9 Å². The molecule has 0 unspecified atom stereocenters. The van der Waals surface area contributed by atoms with Crippen LogP contribution in [0.25, 0.3) is 0 Å². The number of halogens is 4. The lowest BCUT2D eigenvalue weighted by Gasteiger charge is -2.44. The number of nitrogens with one attached hydrogen (secondary N) is 1. The molecule has 1 fully saturated rings. The fourth-order valence-corrected chi connectivity index (χ4v) is 4.03. The Morgan fingerprint density at radius 2 is 1.78 bits per heavy atom. The maximum absolute atomic E-state index is 12.6. The van der Waals surface area contributed by atoms with Gasteiger partial charge < -0.3 is 24.6 Å². The highest BCUT2D eigenvalue weighted by Crippen LogP contribution is 2.33. The molecule has 0 bridgehead atoms. The fourth-order valence-electron chi connectivity index (χ4n) is 3.70. The van der Waals surface area contributed by atoms with Crippen LogP contribution in [0.3, 0.4) is 0 Å². The third-order valence-electron chi connectivity index (χ3n) is 5.33. The minimum absolute atomic E-state index is 0.0456. The summed E-state index contributed by atoms with van der Waals surface area (Å²) in [6.07, 6.45) is -3.83. The molecular weight excluding hydrogens is 545 g/mol. The average Bonchev–Trinajstić information content (AvgIpc) is 2.75. The first-order chi connectivity index (χ1) is 16.6. The number of piperazine rings is 1. The number of nitrogens with zero attached hydrogens (tertiary/aromatic N) is 3. The Kier molecular flexibility index (Phi) is 8.07. The fraction of sp³-hybridized carbons (Fsp3) is 0.458. The van der Waals surface area contributed by atoms with Crippen LogP contribution in [0.2, 0.25) is 0 Å². The Morgan fingerprint density at radius 3 is 2.36 bits per heavy atom. The van der Waals surface area contributed by atoms with E-state index in [4.69, 9.17) is 4.74 Å². The number of anilines is 2. The van der Waals surface area contributed by atoms with Gasteiger partial charge in [-0.25, -0.2) is 9.78 Å². The molecule has 2 aromatic rings. The summed E-state index contributed by atoms with van der Waals surface area (Å²) >= 11 is 2.99. The topological polar surface area (TPSA) is 84.0 Å². The number of aromatic nitrogens is 1. The van der Waals surface area contributed by atoms with Gasteiger partial charge in [0.25, 0.3) is 5.91 Å². The molecule has 1 N–H and O–H groups in total. The van der Waals surface area contributed by atoms with E-state index < -0.39 is 23.6 Å². The lowest BCUT2D eigenvalue weighted by Crippen LogP contribution is -2.59. The molecule has 0 spiro atoms. The molecule has 12 heteroatoms. The molecule has 3 rings (SSSR count). The summed E-state index contributed by atoms with van der Waals surface area (Å²) in [5.41, 5.74) is -0.224. The number of carbonyl (C=O) groups is 2. The molecule has 36 heavy (non-hydrogen) atoms. The van der Waals surface area contributed by atoms with Crippen LogP contribution in [-0.4, -0.2) is 59.0 Å². The van der Waals surface area contributed by atoms with Crippen molar-refractivity contribution in [2.45, 2.75) is 58.7 Å². The summed E-state index contributed by atoms with van der Waals surface area (Å²) in [5.74, 6) is -0.368. The molecule has 196 valence electrons. The van der Waals surface area contributed by atoms with E-state index in [0.717, 1.165) is 6.07 Å². The normalized spacial score (nSPS) is 18.6. The van der Waals surface area contributed by atoms with Crippen molar-refractivity contribution in [2.24, 2.45) is 0 Å². The number of carbonyl (C=O) groups excluding carboxylic acids is 2. The van der Waals surface area contributed by atoms with Gasteiger partial charge in [-0.1, -0.05) is 0 Å². The first-order valence-corrected chi connectivity index (χ1v) is 12.0. The van der Waals surface area contributed by atoms with Crippen molar-refractivity contribution < 1.29 is 32.2 Å². The van der Waals surface area contributed by atoms with E-state index in [9.17, 15) is 22.8 Å². The number of benzene rings is 1. The highest BCUT2D eigenvalue weighted by molar-refractivity contribution is 9.10. The van der Waals surface area contributed by atoms with E-state index >= 15 is 0 Å². The molecular formula is C24H28BrF3N4O4. The Hall–Kier alpha value is -3.02. The SMILES string of the molecule is C[C@@H]1CN(c2ccc(C(=O)Nc3ccc(Br)c(OC(F)(F)F)c3)cn2)[C@H](C)CN1C(=O)OC(C)(C)C. The second kappa shape index (κ2) is 10.5. The van der Waals surface area contributed by atoms with Gasteiger partial charge in [-0.15, -0.1) is 13.2 Å². The van der Waals surface area contributed by atoms with Gasteiger partial charge in [-0.05, 0) is 74.8 Å². The Bertz CT molecular complexity index is 1110. The molecule has 0 radical (unpaired) electrons. The predicted molar refractivity (Wildman–Crippen MR) is 132 cm³/mol. The van der Waals surface area contributed by atoms with Crippen molar-refractivity contribution >= 4 is 39.4 Å². The van der Waals surface area contributed by atoms with Gasteiger partial charge in [-0.2, -0.15) is 0 Å². The molecule has 2 heterocycles. The summed E-state index contributed by atoms with van der Waals surface area (Å²) in [6.45, 7) is 10.3. The lowest BCUT2D eigenvalue weighted by molar-refractivity contribution is -0.274. The first kappa shape index (κ1) is 27.6. The monoisotopic (exact) mass is 572 g/mol. The third kappa shape index (κ3) is 7.25. The standard InChI is InChI=1S/C24H28BrF3N4O4/c1-14-13-32(22(34)36-23(3,4)5)15(2)12-31(14)20-9-6-16(11-29-20)21(33)30-17-7-8-18(25)19(10-17)35-24(26,27)28/h6-11,14-15H,12-13H2,1-5H3,(H,30,33)/t14-,15-/m1/s1. The molecule has 1 aromatic heterocycles. The van der Waals surface area contributed by atoms with Gasteiger partial charge in [0.2, 0.25) is 0 Å². The average molecular weight is 573 g/mol. The first-order valence-electron chi connectivity index (χ1n) is 11.2. The Morgan fingerprint density at radius 1 is 1.08 bits per heavy atom. The van der Waals surface area contributed by atoms with Crippen LogP contribution in [-0.2, 0) is 4.74 Å². The van der Waals surface area contributed by atoms with Gasteiger partial charge in [0.1, 0.15) is 17.2 Å². The summed E-state index contributed by atoms with van der Waals surface area (Å²) < 4.78 is 47.3. The molecule has 8 nitrogen and oxygen atoms in total. The minimum Gasteiger partial charge on any atom is -0.444 e. The van der Waals surface area contributed by atoms with Crippen LogP contribution in [0.5, 0.6) is 5.75 Å². The van der Waals surface area contributed by atoms with Crippen LogP contribution >= 0.6 is 15.9 Å². The van der Waals surface area contributed by atoms with E-state index in [2.05, 4.69) is 31.0 Å². The van der Waals surface area contributed by atoms with Crippen molar-refractivity contribution in [1.29, 1.82) is 0 Å². The number of amides is 2. The molecule has 1 saturated heterocycles. The second-order valence-electron chi connectivity index (χ2n) is 9.54. The molecule has 1 aliphatic heterocycles. The summed E-state index contributed by atoms with van der Waals surface area (Å²) in [7, 11) is 0. The number of hydrogen-bond donors (Lipinski definition) is 1. The van der Waals surface area contributed by atoms with E-state index in [1.165, 1.54) is 18.3 Å². The summed E-state index contributed by atoms with van der Waals surface area (Å²) in [4.78, 5) is 33.3. The van der Waals surface area contributed by atoms with Crippen molar-refractivity contribution in [3.63, 3.8) is 0 Å². The zero-order valence-corrected chi connectivity index (χ0v) is 22.1. The van der Waals surface area contributed by atoms with Crippen molar-refractivity contribution in [1.82, 2.24) is 9.88 Å². The molecule has 2 atom stereocenters. The number of ether oxygens (including phenoxy) is 2. The minimum atomic E-state index is -4.86. The molecule has 0 saturated carbocycles. The smallest absolute Gasteiger partial charge is 0.444 e. The van der Waals surface area contributed by atoms with Crippen LogP contribution in [0, 0.1) is 0 Å². The van der Waals surface area contributed by atoms with Crippen LogP contribution < -0.4 is 15.0 Å². The zero-order chi connectivity index (χ0) is 26.8. The van der Waals surface area contributed by atoms with Gasteiger partial charge in [0.15, 0.2) is 0 Å². The number of pyridine rings is 1. The van der Waals surface area contributed by atoms with Gasteiger partial charge >= 0.3 is 12.5 Å². The molecule has 2 amide bonds. The van der Waals surface area contributed by atoms with Crippen molar-refractivity contribution in [2.75, 3.05) is 23.3 Å². The number of hydrogen-bond acceptors (Lipinski definition) is 6. The zero-order valence-electron chi connectivity index (χ0n) is 20.5.